The van der Waals surface area contributed by atoms with Crippen LogP contribution in [0.3, 0.4) is 0 Å². The molecule has 0 spiro atoms. The number of carbonyl (C=O) groups is 2. The lowest BCUT2D eigenvalue weighted by Gasteiger charge is -2.39. The van der Waals surface area contributed by atoms with Crippen LogP contribution in [0.4, 0.5) is 0 Å². The van der Waals surface area contributed by atoms with Gasteiger partial charge in [-0.3, -0.25) is 9.59 Å². The molecule has 0 aliphatic carbocycles. The first-order chi connectivity index (χ1) is 13.0. The van der Waals surface area contributed by atoms with Crippen molar-refractivity contribution in [2.45, 2.75) is 40.2 Å². The Bertz CT molecular complexity index is 954. The van der Waals surface area contributed by atoms with Crippen LogP contribution in [0.1, 0.15) is 52.6 Å². The van der Waals surface area contributed by atoms with Gasteiger partial charge in [0, 0.05) is 5.56 Å². The summed E-state index contributed by atoms with van der Waals surface area (Å²) in [5, 5.41) is 11.8. The number of nitriles is 1. The van der Waals surface area contributed by atoms with E-state index < -0.39 is 17.4 Å². The fraction of sp³-hybridized carbons (Fsp3) is 0.286. The molecule has 0 heterocycles. The second-order valence-electron chi connectivity index (χ2n) is 7.48. The topological polar surface area (TPSA) is 64.4 Å². The molecule has 0 N–H and O–H groups in total. The van der Waals surface area contributed by atoms with Gasteiger partial charge < -0.3 is 0 Å². The normalized spacial score (nSPS) is 10.9. The second kappa shape index (κ2) is 8.22. The van der Waals surface area contributed by atoms with Gasteiger partial charge in [0.2, 0.25) is 6.19 Å². The number of aryl methyl sites for hydroxylation is 2. The number of amides is 2. The van der Waals surface area contributed by atoms with Gasteiger partial charge in [0.05, 0.1) is 21.1 Å². The van der Waals surface area contributed by atoms with Gasteiger partial charge in [0.1, 0.15) is 0 Å². The highest BCUT2D eigenvalue weighted by molar-refractivity contribution is 6.43. The third-order valence-electron chi connectivity index (χ3n) is 3.97. The molecule has 2 aromatic rings. The number of halogens is 2. The maximum absolute atomic E-state index is 13.3. The quantitative estimate of drug-likeness (QED) is 0.373. The lowest BCUT2D eigenvalue weighted by molar-refractivity contribution is -0.0167. The van der Waals surface area contributed by atoms with Crippen LogP contribution in [-0.2, 0) is 0 Å². The van der Waals surface area contributed by atoms with Crippen molar-refractivity contribution in [1.82, 2.24) is 10.0 Å². The SMILES string of the molecule is Cc1cc(C)cc(C(=O)N(N(C#N)C(=O)c2cccc(Cl)c2Cl)C(C)(C)C)c1. The Labute approximate surface area is 175 Å². The van der Waals surface area contributed by atoms with Crippen molar-refractivity contribution in [2.75, 3.05) is 0 Å². The van der Waals surface area contributed by atoms with E-state index in [9.17, 15) is 14.9 Å². The van der Waals surface area contributed by atoms with Gasteiger partial charge in [0.25, 0.3) is 11.8 Å². The summed E-state index contributed by atoms with van der Waals surface area (Å²) in [7, 11) is 0. The molecule has 28 heavy (non-hydrogen) atoms. The number of hydrogen-bond donors (Lipinski definition) is 0. The van der Waals surface area contributed by atoms with Gasteiger partial charge in [-0.1, -0.05) is 46.5 Å². The summed E-state index contributed by atoms with van der Waals surface area (Å²) in [6.07, 6.45) is 1.82. The highest BCUT2D eigenvalue weighted by Crippen LogP contribution is 2.29. The van der Waals surface area contributed by atoms with Crippen LogP contribution < -0.4 is 0 Å². The molecular weight excluding hydrogens is 397 g/mol. The highest BCUT2D eigenvalue weighted by atomic mass is 35.5. The summed E-state index contributed by atoms with van der Waals surface area (Å²) < 4.78 is 0. The van der Waals surface area contributed by atoms with Gasteiger partial charge >= 0.3 is 0 Å². The molecule has 0 bridgehead atoms. The third kappa shape index (κ3) is 4.46. The average molecular weight is 418 g/mol. The van der Waals surface area contributed by atoms with E-state index in [1.807, 2.05) is 26.1 Å². The maximum Gasteiger partial charge on any atom is 0.287 e. The average Bonchev–Trinajstić information content (AvgIpc) is 2.59. The molecule has 7 heteroatoms. The molecule has 5 nitrogen and oxygen atoms in total. The van der Waals surface area contributed by atoms with Crippen LogP contribution >= 0.6 is 23.2 Å². The Kier molecular flexibility index (Phi) is 6.38. The molecule has 0 aromatic heterocycles. The van der Waals surface area contributed by atoms with Crippen molar-refractivity contribution in [2.24, 2.45) is 0 Å². The van der Waals surface area contributed by atoms with Crippen LogP contribution in [-0.4, -0.2) is 27.4 Å². The molecule has 2 rings (SSSR count). The Balaban J connectivity index is 2.57. The van der Waals surface area contributed by atoms with Gasteiger partial charge in [-0.25, -0.2) is 5.01 Å². The smallest absolute Gasteiger partial charge is 0.267 e. The van der Waals surface area contributed by atoms with Crippen LogP contribution in [0.5, 0.6) is 0 Å². The molecule has 0 aliphatic heterocycles. The number of rotatable bonds is 2. The number of benzene rings is 2. The zero-order valence-corrected chi connectivity index (χ0v) is 17.9. The number of carbonyl (C=O) groups excluding carboxylic acids is 2. The van der Waals surface area contributed by atoms with Crippen molar-refractivity contribution in [3.8, 4) is 6.19 Å². The summed E-state index contributed by atoms with van der Waals surface area (Å²) in [4.78, 5) is 26.4. The molecule has 0 unspecified atom stereocenters. The molecule has 0 saturated heterocycles. The van der Waals surface area contributed by atoms with E-state index in [0.29, 0.717) is 5.56 Å². The van der Waals surface area contributed by atoms with Crippen LogP contribution in [0, 0.1) is 25.3 Å². The predicted octanol–water partition coefficient (Wildman–Crippen LogP) is 5.39. The molecule has 0 aliphatic rings. The standard InChI is InChI=1S/C21H21Cl2N3O2/c1-13-9-14(2)11-15(10-13)19(27)26(21(3,4)5)25(12-24)20(28)16-7-6-8-17(22)18(16)23/h6-11H,1-5H3. The first kappa shape index (κ1) is 21.7. The van der Waals surface area contributed by atoms with Gasteiger partial charge in [-0.05, 0) is 58.9 Å². The van der Waals surface area contributed by atoms with E-state index in [0.717, 1.165) is 21.1 Å². The summed E-state index contributed by atoms with van der Waals surface area (Å²) in [6.45, 7) is 8.98. The summed E-state index contributed by atoms with van der Waals surface area (Å²) in [6, 6.07) is 9.95. The molecule has 146 valence electrons. The first-order valence-corrected chi connectivity index (χ1v) is 9.34. The van der Waals surface area contributed by atoms with E-state index in [-0.39, 0.29) is 15.6 Å². The van der Waals surface area contributed by atoms with Crippen molar-refractivity contribution in [1.29, 1.82) is 5.26 Å². The molecule has 2 aromatic carbocycles. The number of hydrogen-bond acceptors (Lipinski definition) is 3. The van der Waals surface area contributed by atoms with Crippen molar-refractivity contribution in [3.63, 3.8) is 0 Å². The van der Waals surface area contributed by atoms with Crippen LogP contribution in [0.2, 0.25) is 10.0 Å². The maximum atomic E-state index is 13.3. The molecular formula is C21H21Cl2N3O2. The molecule has 0 atom stereocenters. The van der Waals surface area contributed by atoms with Crippen LogP contribution in [0.25, 0.3) is 0 Å². The predicted molar refractivity (Wildman–Crippen MR) is 110 cm³/mol. The molecule has 0 radical (unpaired) electrons. The van der Waals surface area contributed by atoms with Gasteiger partial charge in [-0.15, -0.1) is 5.01 Å². The lowest BCUT2D eigenvalue weighted by Crippen LogP contribution is -2.56. The minimum atomic E-state index is -0.856. The Morgan fingerprint density at radius 3 is 2.07 bits per heavy atom. The summed E-state index contributed by atoms with van der Waals surface area (Å²) in [5.74, 6) is -1.20. The fourth-order valence-electron chi connectivity index (χ4n) is 2.88. The Morgan fingerprint density at radius 2 is 1.57 bits per heavy atom. The zero-order valence-electron chi connectivity index (χ0n) is 16.4. The Morgan fingerprint density at radius 1 is 1.00 bits per heavy atom. The van der Waals surface area contributed by atoms with E-state index in [1.165, 1.54) is 6.07 Å². The monoisotopic (exact) mass is 417 g/mol. The van der Waals surface area contributed by atoms with E-state index >= 15 is 0 Å². The fourth-order valence-corrected chi connectivity index (χ4v) is 3.26. The lowest BCUT2D eigenvalue weighted by atomic mass is 10.0. The summed E-state index contributed by atoms with van der Waals surface area (Å²) in [5.41, 5.74) is 1.39. The first-order valence-electron chi connectivity index (χ1n) is 8.58. The second-order valence-corrected chi connectivity index (χ2v) is 8.27. The molecule has 0 saturated carbocycles. The van der Waals surface area contributed by atoms with Crippen molar-refractivity contribution < 1.29 is 9.59 Å². The Hall–Kier alpha value is -2.55. The zero-order chi connectivity index (χ0) is 21.2. The van der Waals surface area contributed by atoms with Gasteiger partial charge in [0.15, 0.2) is 0 Å². The van der Waals surface area contributed by atoms with E-state index in [1.54, 1.807) is 45.0 Å². The van der Waals surface area contributed by atoms with E-state index in [2.05, 4.69) is 0 Å². The largest absolute Gasteiger partial charge is 0.287 e. The van der Waals surface area contributed by atoms with Crippen molar-refractivity contribution in [3.05, 3.63) is 68.7 Å². The van der Waals surface area contributed by atoms with Gasteiger partial charge in [-0.2, -0.15) is 5.26 Å². The minimum Gasteiger partial charge on any atom is -0.267 e. The van der Waals surface area contributed by atoms with Crippen molar-refractivity contribution >= 4 is 35.0 Å². The summed E-state index contributed by atoms with van der Waals surface area (Å²) >= 11 is 12.2. The number of hydrazine groups is 1. The third-order valence-corrected chi connectivity index (χ3v) is 4.78. The highest BCUT2D eigenvalue weighted by Gasteiger charge is 2.37. The minimum absolute atomic E-state index is 0.0297. The van der Waals surface area contributed by atoms with Crippen LogP contribution in [0.15, 0.2) is 36.4 Å². The molecule has 0 fully saturated rings. The number of nitrogens with zero attached hydrogens (tertiary/aromatic N) is 3. The molecule has 2 amide bonds. The van der Waals surface area contributed by atoms with E-state index in [4.69, 9.17) is 23.2 Å².